The molecule has 1 aromatic rings. The summed E-state index contributed by atoms with van der Waals surface area (Å²) in [5.74, 6) is 0. The summed E-state index contributed by atoms with van der Waals surface area (Å²) >= 11 is 3.35. The number of hydrogen-bond acceptors (Lipinski definition) is 3. The zero-order valence-corrected chi connectivity index (χ0v) is 10.6. The van der Waals surface area contributed by atoms with Crippen molar-refractivity contribution < 1.29 is 5.11 Å². The first-order chi connectivity index (χ1) is 7.77. The first-order valence-electron chi connectivity index (χ1n) is 5.32. The van der Waals surface area contributed by atoms with E-state index < -0.39 is 0 Å². The normalized spacial score (nSPS) is 9.81. The number of rotatable bonds is 6. The standard InChI is InChI=1S/C12H15BrN2O/c13-12-8-11(5-4-10(12)9-14)15-6-2-1-3-7-16/h4-5,8,15-16H,1-3,6-7H2. The van der Waals surface area contributed by atoms with Crippen molar-refractivity contribution in [2.45, 2.75) is 19.3 Å². The summed E-state index contributed by atoms with van der Waals surface area (Å²) in [7, 11) is 0. The maximum Gasteiger partial charge on any atom is 0.100 e. The number of unbranched alkanes of at least 4 members (excludes halogenated alkanes) is 2. The molecule has 0 radical (unpaired) electrons. The van der Waals surface area contributed by atoms with Crippen molar-refractivity contribution >= 4 is 21.6 Å². The molecule has 0 aliphatic heterocycles. The lowest BCUT2D eigenvalue weighted by atomic mass is 10.2. The quantitative estimate of drug-likeness (QED) is 0.789. The maximum absolute atomic E-state index is 8.76. The highest BCUT2D eigenvalue weighted by Crippen LogP contribution is 2.20. The first-order valence-corrected chi connectivity index (χ1v) is 6.11. The van der Waals surface area contributed by atoms with Crippen molar-refractivity contribution in [1.29, 1.82) is 5.26 Å². The van der Waals surface area contributed by atoms with Crippen LogP contribution in [0.25, 0.3) is 0 Å². The van der Waals surface area contributed by atoms with Crippen LogP contribution in [0.5, 0.6) is 0 Å². The number of anilines is 1. The molecule has 3 nitrogen and oxygen atoms in total. The van der Waals surface area contributed by atoms with Gasteiger partial charge in [0.05, 0.1) is 5.56 Å². The summed E-state index contributed by atoms with van der Waals surface area (Å²) in [4.78, 5) is 0. The minimum Gasteiger partial charge on any atom is -0.396 e. The third-order valence-electron chi connectivity index (χ3n) is 2.25. The second kappa shape index (κ2) is 7.26. The van der Waals surface area contributed by atoms with E-state index in [9.17, 15) is 0 Å². The van der Waals surface area contributed by atoms with Gasteiger partial charge in [-0.2, -0.15) is 5.26 Å². The second-order valence-corrected chi connectivity index (χ2v) is 4.37. The molecule has 0 atom stereocenters. The van der Waals surface area contributed by atoms with E-state index in [1.54, 1.807) is 6.07 Å². The Kier molecular flexibility index (Phi) is 5.91. The summed E-state index contributed by atoms with van der Waals surface area (Å²) in [6.07, 6.45) is 2.93. The fraction of sp³-hybridized carbons (Fsp3) is 0.417. The van der Waals surface area contributed by atoms with Gasteiger partial charge in [0, 0.05) is 23.3 Å². The molecule has 0 heterocycles. The van der Waals surface area contributed by atoms with E-state index in [0.29, 0.717) is 5.56 Å². The highest BCUT2D eigenvalue weighted by Gasteiger charge is 1.99. The summed E-state index contributed by atoms with van der Waals surface area (Å²) in [5.41, 5.74) is 1.65. The topological polar surface area (TPSA) is 56.0 Å². The van der Waals surface area contributed by atoms with Crippen LogP contribution in [0.4, 0.5) is 5.69 Å². The largest absolute Gasteiger partial charge is 0.396 e. The van der Waals surface area contributed by atoms with Crippen LogP contribution in [0.1, 0.15) is 24.8 Å². The lowest BCUT2D eigenvalue weighted by molar-refractivity contribution is 0.283. The molecule has 0 fully saturated rings. The molecule has 86 valence electrons. The van der Waals surface area contributed by atoms with Crippen molar-refractivity contribution in [3.8, 4) is 6.07 Å². The summed E-state index contributed by atoms with van der Waals surface area (Å²) in [6.45, 7) is 1.15. The van der Waals surface area contributed by atoms with Gasteiger partial charge < -0.3 is 10.4 Å². The van der Waals surface area contributed by atoms with E-state index in [2.05, 4.69) is 27.3 Å². The van der Waals surface area contributed by atoms with Gasteiger partial charge in [0.1, 0.15) is 6.07 Å². The Hall–Kier alpha value is -1.05. The van der Waals surface area contributed by atoms with Gasteiger partial charge in [-0.25, -0.2) is 0 Å². The molecular weight excluding hydrogens is 268 g/mol. The van der Waals surface area contributed by atoms with E-state index >= 15 is 0 Å². The van der Waals surface area contributed by atoms with E-state index in [0.717, 1.165) is 36.0 Å². The van der Waals surface area contributed by atoms with Gasteiger partial charge in [0.2, 0.25) is 0 Å². The van der Waals surface area contributed by atoms with Crippen molar-refractivity contribution in [3.63, 3.8) is 0 Å². The van der Waals surface area contributed by atoms with Crippen LogP contribution in [-0.2, 0) is 0 Å². The molecule has 0 bridgehead atoms. The van der Waals surface area contributed by atoms with Gasteiger partial charge in [0.15, 0.2) is 0 Å². The van der Waals surface area contributed by atoms with Gasteiger partial charge in [-0.1, -0.05) is 0 Å². The molecule has 0 aliphatic carbocycles. The number of hydrogen-bond donors (Lipinski definition) is 2. The Bertz CT molecular complexity index is 374. The molecule has 0 amide bonds. The predicted octanol–water partition coefficient (Wildman–Crippen LogP) is 2.90. The van der Waals surface area contributed by atoms with Crippen LogP contribution in [-0.4, -0.2) is 18.3 Å². The molecular formula is C12H15BrN2O. The highest BCUT2D eigenvalue weighted by molar-refractivity contribution is 9.10. The third kappa shape index (κ3) is 4.21. The van der Waals surface area contributed by atoms with Crippen LogP contribution in [0, 0.1) is 11.3 Å². The van der Waals surface area contributed by atoms with Gasteiger partial charge in [-0.3, -0.25) is 0 Å². The Morgan fingerprint density at radius 3 is 2.75 bits per heavy atom. The van der Waals surface area contributed by atoms with E-state index in [4.69, 9.17) is 10.4 Å². The molecule has 0 aromatic heterocycles. The third-order valence-corrected chi connectivity index (χ3v) is 2.91. The average Bonchev–Trinajstić information content (AvgIpc) is 2.29. The molecule has 0 saturated heterocycles. The van der Waals surface area contributed by atoms with Crippen molar-refractivity contribution in [2.75, 3.05) is 18.5 Å². The van der Waals surface area contributed by atoms with Gasteiger partial charge in [0.25, 0.3) is 0 Å². The van der Waals surface area contributed by atoms with Crippen LogP contribution < -0.4 is 5.32 Å². The number of benzene rings is 1. The first kappa shape index (κ1) is 13.0. The minimum absolute atomic E-state index is 0.266. The second-order valence-electron chi connectivity index (χ2n) is 3.52. The minimum atomic E-state index is 0.266. The molecule has 2 N–H and O–H groups in total. The molecule has 0 spiro atoms. The Morgan fingerprint density at radius 1 is 1.31 bits per heavy atom. The van der Waals surface area contributed by atoms with Crippen molar-refractivity contribution in [2.24, 2.45) is 0 Å². The van der Waals surface area contributed by atoms with Gasteiger partial charge >= 0.3 is 0 Å². The van der Waals surface area contributed by atoms with Crippen molar-refractivity contribution in [1.82, 2.24) is 0 Å². The number of nitriles is 1. The molecule has 16 heavy (non-hydrogen) atoms. The SMILES string of the molecule is N#Cc1ccc(NCCCCCO)cc1Br. The van der Waals surface area contributed by atoms with E-state index in [1.807, 2.05) is 12.1 Å². The van der Waals surface area contributed by atoms with E-state index in [-0.39, 0.29) is 6.61 Å². The monoisotopic (exact) mass is 282 g/mol. The van der Waals surface area contributed by atoms with Gasteiger partial charge in [-0.05, 0) is 53.4 Å². The van der Waals surface area contributed by atoms with Crippen LogP contribution in [0.15, 0.2) is 22.7 Å². The maximum atomic E-state index is 8.76. The number of nitrogens with zero attached hydrogens (tertiary/aromatic N) is 1. The lowest BCUT2D eigenvalue weighted by Crippen LogP contribution is -2.01. The number of halogens is 1. The number of aliphatic hydroxyl groups excluding tert-OH is 1. The molecule has 0 saturated carbocycles. The number of nitrogens with one attached hydrogen (secondary N) is 1. The van der Waals surface area contributed by atoms with Crippen molar-refractivity contribution in [3.05, 3.63) is 28.2 Å². The Morgan fingerprint density at radius 2 is 2.12 bits per heavy atom. The molecule has 1 aromatic carbocycles. The van der Waals surface area contributed by atoms with Crippen LogP contribution >= 0.6 is 15.9 Å². The highest BCUT2D eigenvalue weighted by atomic mass is 79.9. The lowest BCUT2D eigenvalue weighted by Gasteiger charge is -2.06. The van der Waals surface area contributed by atoms with Crippen LogP contribution in [0.3, 0.4) is 0 Å². The number of aliphatic hydroxyl groups is 1. The fourth-order valence-electron chi connectivity index (χ4n) is 1.36. The Balaban J connectivity index is 2.38. The summed E-state index contributed by atoms with van der Waals surface area (Å²) < 4.78 is 0.815. The predicted molar refractivity (Wildman–Crippen MR) is 68.3 cm³/mol. The molecule has 1 rings (SSSR count). The molecule has 4 heteroatoms. The zero-order chi connectivity index (χ0) is 11.8. The summed E-state index contributed by atoms with van der Waals surface area (Å²) in [6, 6.07) is 7.70. The van der Waals surface area contributed by atoms with Gasteiger partial charge in [-0.15, -0.1) is 0 Å². The summed E-state index contributed by atoms with van der Waals surface area (Å²) in [5, 5.41) is 20.7. The average molecular weight is 283 g/mol. The van der Waals surface area contributed by atoms with Crippen LogP contribution in [0.2, 0.25) is 0 Å². The Labute approximate surface area is 104 Å². The zero-order valence-electron chi connectivity index (χ0n) is 9.04. The van der Waals surface area contributed by atoms with E-state index in [1.165, 1.54) is 0 Å². The molecule has 0 aliphatic rings. The fourth-order valence-corrected chi connectivity index (χ4v) is 1.83. The smallest absolute Gasteiger partial charge is 0.100 e. The molecule has 0 unspecified atom stereocenters.